The van der Waals surface area contributed by atoms with Gasteiger partial charge >= 0.3 is 0 Å². The van der Waals surface area contributed by atoms with Crippen molar-refractivity contribution in [3.63, 3.8) is 0 Å². The Morgan fingerprint density at radius 3 is 2.68 bits per heavy atom. The number of hydrogen-bond acceptors (Lipinski definition) is 3. The van der Waals surface area contributed by atoms with Gasteiger partial charge in [-0.2, -0.15) is 5.10 Å². The molecular formula is C23H26N4O. The first-order chi connectivity index (χ1) is 13.7. The summed E-state index contributed by atoms with van der Waals surface area (Å²) in [6.07, 6.45) is 4.81. The summed E-state index contributed by atoms with van der Waals surface area (Å²) in [7, 11) is 1.88. The van der Waals surface area contributed by atoms with Crippen molar-refractivity contribution in [1.29, 1.82) is 0 Å². The van der Waals surface area contributed by atoms with Gasteiger partial charge in [0, 0.05) is 32.5 Å². The highest BCUT2D eigenvalue weighted by molar-refractivity contribution is 5.78. The molecule has 144 valence electrons. The van der Waals surface area contributed by atoms with Gasteiger partial charge in [0.15, 0.2) is 0 Å². The fourth-order valence-electron chi connectivity index (χ4n) is 3.91. The van der Waals surface area contributed by atoms with E-state index in [-0.39, 0.29) is 5.91 Å². The van der Waals surface area contributed by atoms with Crippen LogP contribution in [0.1, 0.15) is 23.5 Å². The summed E-state index contributed by atoms with van der Waals surface area (Å²) in [6, 6.07) is 20.6. The maximum Gasteiger partial charge on any atom is 0.236 e. The molecule has 1 unspecified atom stereocenters. The molecule has 2 aromatic carbocycles. The normalized spacial score (nSPS) is 17.0. The van der Waals surface area contributed by atoms with E-state index in [1.807, 2.05) is 47.1 Å². The number of aromatic nitrogens is 2. The number of carbonyl (C=O) groups is 1. The fraction of sp³-hybridized carbons (Fsp3) is 0.304. The zero-order valence-corrected chi connectivity index (χ0v) is 16.2. The summed E-state index contributed by atoms with van der Waals surface area (Å²) in [4.78, 5) is 16.9. The molecule has 5 nitrogen and oxygen atoms in total. The quantitative estimate of drug-likeness (QED) is 0.665. The van der Waals surface area contributed by atoms with Crippen molar-refractivity contribution in [3.05, 3.63) is 84.2 Å². The molecule has 1 aliphatic heterocycles. The van der Waals surface area contributed by atoms with Crippen molar-refractivity contribution in [1.82, 2.24) is 19.6 Å². The molecule has 0 radical (unpaired) electrons. The van der Waals surface area contributed by atoms with Gasteiger partial charge in [-0.15, -0.1) is 0 Å². The van der Waals surface area contributed by atoms with Crippen molar-refractivity contribution in [2.24, 2.45) is 0 Å². The van der Waals surface area contributed by atoms with E-state index in [0.717, 1.165) is 30.8 Å². The number of para-hydroxylation sites is 1. The summed E-state index contributed by atoms with van der Waals surface area (Å²) in [6.45, 7) is 2.98. The van der Waals surface area contributed by atoms with Crippen LogP contribution in [-0.2, 0) is 11.3 Å². The smallest absolute Gasteiger partial charge is 0.236 e. The lowest BCUT2D eigenvalue weighted by atomic mass is 9.99. The minimum absolute atomic E-state index is 0.156. The van der Waals surface area contributed by atoms with E-state index in [0.29, 0.717) is 19.0 Å². The van der Waals surface area contributed by atoms with Crippen LogP contribution >= 0.6 is 0 Å². The SMILES string of the molecule is CN(Cc1ccccc1-n1cccn1)C(=O)CN1CCC(c2ccccc2)C1. The maximum atomic E-state index is 12.8. The second-order valence-corrected chi connectivity index (χ2v) is 7.46. The van der Waals surface area contributed by atoms with Crippen LogP contribution in [0.2, 0.25) is 0 Å². The average molecular weight is 374 g/mol. The zero-order valence-electron chi connectivity index (χ0n) is 16.2. The van der Waals surface area contributed by atoms with Gasteiger partial charge in [0.1, 0.15) is 0 Å². The van der Waals surface area contributed by atoms with Crippen LogP contribution in [0.25, 0.3) is 5.69 Å². The first-order valence-electron chi connectivity index (χ1n) is 9.80. The van der Waals surface area contributed by atoms with Gasteiger partial charge in [0.05, 0.1) is 12.2 Å². The van der Waals surface area contributed by atoms with Gasteiger partial charge < -0.3 is 4.90 Å². The molecular weight excluding hydrogens is 348 g/mol. The second kappa shape index (κ2) is 8.40. The first-order valence-corrected chi connectivity index (χ1v) is 9.80. The third-order valence-electron chi connectivity index (χ3n) is 5.48. The van der Waals surface area contributed by atoms with E-state index in [2.05, 4.69) is 46.4 Å². The van der Waals surface area contributed by atoms with Crippen LogP contribution in [0.15, 0.2) is 73.1 Å². The molecule has 3 aromatic rings. The molecule has 1 atom stereocenters. The molecule has 1 aromatic heterocycles. The van der Waals surface area contributed by atoms with Crippen molar-refractivity contribution in [3.8, 4) is 5.69 Å². The molecule has 0 aliphatic carbocycles. The van der Waals surface area contributed by atoms with Crippen molar-refractivity contribution in [2.75, 3.05) is 26.7 Å². The number of amides is 1. The van der Waals surface area contributed by atoms with E-state index in [4.69, 9.17) is 0 Å². The van der Waals surface area contributed by atoms with Gasteiger partial charge in [-0.1, -0.05) is 48.5 Å². The Kier molecular flexibility index (Phi) is 5.53. The lowest BCUT2D eigenvalue weighted by Crippen LogP contribution is -2.37. The summed E-state index contributed by atoms with van der Waals surface area (Å²) < 4.78 is 1.85. The van der Waals surface area contributed by atoms with E-state index in [9.17, 15) is 4.79 Å². The molecule has 5 heteroatoms. The van der Waals surface area contributed by atoms with Gasteiger partial charge in [-0.05, 0) is 42.1 Å². The Hall–Kier alpha value is -2.92. The molecule has 28 heavy (non-hydrogen) atoms. The van der Waals surface area contributed by atoms with Gasteiger partial charge in [0.2, 0.25) is 5.91 Å². The fourth-order valence-corrected chi connectivity index (χ4v) is 3.91. The van der Waals surface area contributed by atoms with Crippen LogP contribution in [0.5, 0.6) is 0 Å². The van der Waals surface area contributed by atoms with Crippen LogP contribution in [0.4, 0.5) is 0 Å². The predicted molar refractivity (Wildman–Crippen MR) is 110 cm³/mol. The zero-order chi connectivity index (χ0) is 19.3. The number of hydrogen-bond donors (Lipinski definition) is 0. The van der Waals surface area contributed by atoms with Crippen molar-refractivity contribution < 1.29 is 4.79 Å². The number of carbonyl (C=O) groups excluding carboxylic acids is 1. The van der Waals surface area contributed by atoms with E-state index in [1.54, 1.807) is 6.20 Å². The Labute approximate surface area is 166 Å². The molecule has 0 saturated carbocycles. The highest BCUT2D eigenvalue weighted by atomic mass is 16.2. The first kappa shape index (κ1) is 18.4. The molecule has 0 bridgehead atoms. The highest BCUT2D eigenvalue weighted by Crippen LogP contribution is 2.26. The van der Waals surface area contributed by atoms with Crippen LogP contribution < -0.4 is 0 Å². The van der Waals surface area contributed by atoms with Gasteiger partial charge in [-0.3, -0.25) is 9.69 Å². The highest BCUT2D eigenvalue weighted by Gasteiger charge is 2.26. The maximum absolute atomic E-state index is 12.8. The summed E-state index contributed by atoms with van der Waals surface area (Å²) in [5.41, 5.74) is 3.47. The molecule has 2 heterocycles. The minimum atomic E-state index is 0.156. The summed E-state index contributed by atoms with van der Waals surface area (Å²) in [5.74, 6) is 0.684. The Bertz CT molecular complexity index is 907. The van der Waals surface area contributed by atoms with E-state index >= 15 is 0 Å². The third-order valence-corrected chi connectivity index (χ3v) is 5.48. The average Bonchev–Trinajstić information content (AvgIpc) is 3.41. The van der Waals surface area contributed by atoms with Gasteiger partial charge in [-0.25, -0.2) is 4.68 Å². The Morgan fingerprint density at radius 2 is 1.89 bits per heavy atom. The van der Waals surface area contributed by atoms with E-state index < -0.39 is 0 Å². The summed E-state index contributed by atoms with van der Waals surface area (Å²) in [5, 5.41) is 4.32. The largest absolute Gasteiger partial charge is 0.340 e. The minimum Gasteiger partial charge on any atom is -0.340 e. The number of rotatable bonds is 6. The Balaban J connectivity index is 1.36. The number of likely N-dealkylation sites (N-methyl/N-ethyl adjacent to an activating group) is 1. The molecule has 1 amide bonds. The van der Waals surface area contributed by atoms with E-state index in [1.165, 1.54) is 5.56 Å². The standard InChI is InChI=1S/C23H26N4O/c1-25(16-21-10-5-6-11-22(21)27-14-7-13-24-27)23(28)18-26-15-12-20(17-26)19-8-3-2-4-9-19/h2-11,13-14,20H,12,15-18H2,1H3. The second-order valence-electron chi connectivity index (χ2n) is 7.46. The molecule has 4 rings (SSSR count). The van der Waals surface area contributed by atoms with Crippen LogP contribution in [-0.4, -0.2) is 52.2 Å². The lowest BCUT2D eigenvalue weighted by Gasteiger charge is -2.23. The van der Waals surface area contributed by atoms with Crippen molar-refractivity contribution >= 4 is 5.91 Å². The van der Waals surface area contributed by atoms with Crippen LogP contribution in [0, 0.1) is 0 Å². The van der Waals surface area contributed by atoms with Gasteiger partial charge in [0.25, 0.3) is 0 Å². The molecule has 1 aliphatic rings. The Morgan fingerprint density at radius 1 is 1.11 bits per heavy atom. The monoisotopic (exact) mass is 374 g/mol. The lowest BCUT2D eigenvalue weighted by molar-refractivity contribution is -0.131. The molecule has 0 N–H and O–H groups in total. The third kappa shape index (κ3) is 4.15. The predicted octanol–water partition coefficient (Wildman–Crippen LogP) is 3.32. The molecule has 1 saturated heterocycles. The number of likely N-dealkylation sites (tertiary alicyclic amines) is 1. The number of benzene rings is 2. The molecule has 0 spiro atoms. The molecule has 1 fully saturated rings. The summed E-state index contributed by atoms with van der Waals surface area (Å²) >= 11 is 0. The van der Waals surface area contributed by atoms with Crippen LogP contribution in [0.3, 0.4) is 0 Å². The van der Waals surface area contributed by atoms with Crippen molar-refractivity contribution in [2.45, 2.75) is 18.9 Å². The number of nitrogens with zero attached hydrogens (tertiary/aromatic N) is 4. The topological polar surface area (TPSA) is 41.4 Å².